The van der Waals surface area contributed by atoms with Crippen molar-refractivity contribution in [1.29, 1.82) is 0 Å². The van der Waals surface area contributed by atoms with Crippen molar-refractivity contribution in [3.8, 4) is 0 Å². The highest BCUT2D eigenvalue weighted by molar-refractivity contribution is 6.12. The first-order valence-corrected chi connectivity index (χ1v) is 9.16. The summed E-state index contributed by atoms with van der Waals surface area (Å²) in [5.74, 6) is -0.159. The van der Waals surface area contributed by atoms with E-state index in [1.165, 1.54) is 12.1 Å². The molecule has 1 N–H and O–H groups in total. The minimum atomic E-state index is -0.567. The van der Waals surface area contributed by atoms with Crippen molar-refractivity contribution in [2.24, 2.45) is 0 Å². The van der Waals surface area contributed by atoms with Crippen molar-refractivity contribution < 1.29 is 9.72 Å². The molecule has 0 fully saturated rings. The van der Waals surface area contributed by atoms with Crippen molar-refractivity contribution in [2.45, 2.75) is 6.17 Å². The van der Waals surface area contributed by atoms with Gasteiger partial charge in [0, 0.05) is 48.9 Å². The summed E-state index contributed by atoms with van der Waals surface area (Å²) >= 11 is 0. The predicted octanol–water partition coefficient (Wildman–Crippen LogP) is 4.43. The van der Waals surface area contributed by atoms with Crippen LogP contribution in [0.5, 0.6) is 0 Å². The Morgan fingerprint density at radius 2 is 1.72 bits per heavy atom. The Morgan fingerprint density at radius 1 is 1.00 bits per heavy atom. The molecule has 7 heteroatoms. The van der Waals surface area contributed by atoms with E-state index in [1.807, 2.05) is 61.5 Å². The van der Waals surface area contributed by atoms with E-state index >= 15 is 0 Å². The highest BCUT2D eigenvalue weighted by atomic mass is 16.6. The van der Waals surface area contributed by atoms with Crippen LogP contribution in [0.3, 0.4) is 0 Å². The average molecular weight is 388 g/mol. The average Bonchev–Trinajstić information content (AvgIpc) is 2.74. The first kappa shape index (κ1) is 18.5. The Morgan fingerprint density at radius 3 is 2.41 bits per heavy atom. The number of amides is 1. The smallest absolute Gasteiger partial charge is 0.269 e. The number of rotatable bonds is 4. The zero-order valence-electron chi connectivity index (χ0n) is 16.1. The van der Waals surface area contributed by atoms with Gasteiger partial charge < -0.3 is 10.2 Å². The second-order valence-corrected chi connectivity index (χ2v) is 7.03. The molecule has 3 aromatic carbocycles. The second kappa shape index (κ2) is 7.27. The monoisotopic (exact) mass is 388 g/mol. The maximum atomic E-state index is 13.4. The van der Waals surface area contributed by atoms with Gasteiger partial charge in [-0.3, -0.25) is 19.8 Å². The van der Waals surface area contributed by atoms with Gasteiger partial charge in [0.25, 0.3) is 11.6 Å². The third-order valence-corrected chi connectivity index (χ3v) is 4.97. The molecule has 146 valence electrons. The number of nitrogens with one attached hydrogen (secondary N) is 1. The molecule has 0 spiro atoms. The fourth-order valence-corrected chi connectivity index (χ4v) is 3.47. The molecule has 0 saturated heterocycles. The Balaban J connectivity index is 1.83. The summed E-state index contributed by atoms with van der Waals surface area (Å²) in [4.78, 5) is 27.8. The fourth-order valence-electron chi connectivity index (χ4n) is 3.47. The number of benzene rings is 3. The molecule has 0 aromatic heterocycles. The van der Waals surface area contributed by atoms with E-state index in [2.05, 4.69) is 5.32 Å². The van der Waals surface area contributed by atoms with E-state index < -0.39 is 11.1 Å². The van der Waals surface area contributed by atoms with Gasteiger partial charge in [0.2, 0.25) is 0 Å². The molecule has 0 saturated carbocycles. The molecule has 1 aliphatic heterocycles. The maximum Gasteiger partial charge on any atom is 0.269 e. The second-order valence-electron chi connectivity index (χ2n) is 7.03. The van der Waals surface area contributed by atoms with Gasteiger partial charge in [-0.15, -0.1) is 0 Å². The predicted molar refractivity (Wildman–Crippen MR) is 113 cm³/mol. The zero-order chi connectivity index (χ0) is 20.5. The summed E-state index contributed by atoms with van der Waals surface area (Å²) < 4.78 is 0. The largest absolute Gasteiger partial charge is 0.378 e. The van der Waals surface area contributed by atoms with E-state index in [0.717, 1.165) is 5.69 Å². The molecule has 1 heterocycles. The zero-order valence-corrected chi connectivity index (χ0v) is 16.1. The lowest BCUT2D eigenvalue weighted by molar-refractivity contribution is -0.384. The molecule has 1 aliphatic rings. The van der Waals surface area contributed by atoms with Crippen LogP contribution in [0.15, 0.2) is 72.8 Å². The summed E-state index contributed by atoms with van der Waals surface area (Å²) in [5, 5.41) is 14.6. The van der Waals surface area contributed by atoms with E-state index in [4.69, 9.17) is 0 Å². The lowest BCUT2D eigenvalue weighted by Crippen LogP contribution is -2.43. The summed E-state index contributed by atoms with van der Waals surface area (Å²) in [6, 6.07) is 21.3. The van der Waals surface area contributed by atoms with Gasteiger partial charge in [0.15, 0.2) is 0 Å². The van der Waals surface area contributed by atoms with Gasteiger partial charge in [0.1, 0.15) is 6.17 Å². The van der Waals surface area contributed by atoms with Crippen LogP contribution in [0.4, 0.5) is 22.7 Å². The summed E-state index contributed by atoms with van der Waals surface area (Å²) in [6.07, 6.45) is -0.567. The van der Waals surface area contributed by atoms with E-state index in [1.54, 1.807) is 23.1 Å². The van der Waals surface area contributed by atoms with Crippen LogP contribution in [-0.4, -0.2) is 24.9 Å². The molecule has 7 nitrogen and oxygen atoms in total. The normalized spacial score (nSPS) is 15.4. The number of fused-ring (bicyclic) bond motifs is 1. The number of carbonyl (C=O) groups is 1. The van der Waals surface area contributed by atoms with E-state index in [9.17, 15) is 14.9 Å². The molecular weight excluding hydrogens is 368 g/mol. The SMILES string of the molecule is CN(C)c1ccc(N2C(=O)c3ccccc3N[C@@H]2c2cccc([N+](=O)[O-])c2)cc1. The number of para-hydroxylation sites is 1. The Bertz CT molecular complexity index is 1080. The van der Waals surface area contributed by atoms with Crippen LogP contribution in [0.2, 0.25) is 0 Å². The molecular formula is C22H20N4O3. The van der Waals surface area contributed by atoms with Crippen LogP contribution in [0, 0.1) is 10.1 Å². The van der Waals surface area contributed by atoms with Crippen molar-refractivity contribution in [3.05, 3.63) is 94.0 Å². The van der Waals surface area contributed by atoms with E-state index in [0.29, 0.717) is 22.5 Å². The minimum absolute atomic E-state index is 0.0153. The first-order chi connectivity index (χ1) is 14.0. The number of hydrogen-bond donors (Lipinski definition) is 1. The number of non-ortho nitro benzene ring substituents is 1. The molecule has 0 unspecified atom stereocenters. The molecule has 1 atom stereocenters. The number of hydrogen-bond acceptors (Lipinski definition) is 5. The van der Waals surface area contributed by atoms with Gasteiger partial charge >= 0.3 is 0 Å². The van der Waals surface area contributed by atoms with Crippen LogP contribution in [0.1, 0.15) is 22.1 Å². The number of nitrogens with zero attached hydrogens (tertiary/aromatic N) is 3. The number of anilines is 3. The minimum Gasteiger partial charge on any atom is -0.378 e. The lowest BCUT2D eigenvalue weighted by Gasteiger charge is -2.38. The van der Waals surface area contributed by atoms with Crippen LogP contribution < -0.4 is 15.1 Å². The molecule has 4 rings (SSSR count). The third kappa shape index (κ3) is 3.38. The number of nitro groups is 1. The van der Waals surface area contributed by atoms with Crippen molar-refractivity contribution in [2.75, 3.05) is 29.2 Å². The van der Waals surface area contributed by atoms with Gasteiger partial charge in [-0.25, -0.2) is 0 Å². The van der Waals surface area contributed by atoms with Gasteiger partial charge in [-0.05, 0) is 36.4 Å². The number of carbonyl (C=O) groups excluding carboxylic acids is 1. The highest BCUT2D eigenvalue weighted by Crippen LogP contribution is 2.37. The highest BCUT2D eigenvalue weighted by Gasteiger charge is 2.34. The van der Waals surface area contributed by atoms with Crippen LogP contribution in [-0.2, 0) is 0 Å². The topological polar surface area (TPSA) is 78.7 Å². The molecule has 0 bridgehead atoms. The van der Waals surface area contributed by atoms with Gasteiger partial charge in [-0.2, -0.15) is 0 Å². The molecule has 29 heavy (non-hydrogen) atoms. The molecule has 0 radical (unpaired) electrons. The van der Waals surface area contributed by atoms with E-state index in [-0.39, 0.29) is 11.6 Å². The Hall–Kier alpha value is -3.87. The summed E-state index contributed by atoms with van der Waals surface area (Å²) in [5.41, 5.74) is 3.61. The van der Waals surface area contributed by atoms with Crippen LogP contribution in [0.25, 0.3) is 0 Å². The lowest BCUT2D eigenvalue weighted by atomic mass is 10.0. The summed E-state index contributed by atoms with van der Waals surface area (Å²) in [6.45, 7) is 0. The Kier molecular flexibility index (Phi) is 4.64. The first-order valence-electron chi connectivity index (χ1n) is 9.16. The molecule has 3 aromatic rings. The fraction of sp³-hybridized carbons (Fsp3) is 0.136. The number of nitro benzene ring substituents is 1. The maximum absolute atomic E-state index is 13.4. The van der Waals surface area contributed by atoms with Crippen LogP contribution >= 0.6 is 0 Å². The quantitative estimate of drug-likeness (QED) is 0.528. The standard InChI is InChI=1S/C22H20N4O3/c1-24(2)16-10-12-17(13-11-16)25-21(15-6-5-7-18(14-15)26(28)29)23-20-9-4-3-8-19(20)22(25)27/h3-14,21,23H,1-2H3/t21-/m0/s1. The molecule has 0 aliphatic carbocycles. The summed E-state index contributed by atoms with van der Waals surface area (Å²) in [7, 11) is 3.90. The third-order valence-electron chi connectivity index (χ3n) is 4.97. The molecule has 1 amide bonds. The van der Waals surface area contributed by atoms with Crippen molar-refractivity contribution in [3.63, 3.8) is 0 Å². The Labute approximate surface area is 168 Å². The van der Waals surface area contributed by atoms with Crippen molar-refractivity contribution >= 4 is 28.7 Å². The van der Waals surface area contributed by atoms with Gasteiger partial charge in [-0.1, -0.05) is 24.3 Å². The van der Waals surface area contributed by atoms with Gasteiger partial charge in [0.05, 0.1) is 10.5 Å². The van der Waals surface area contributed by atoms with Crippen molar-refractivity contribution in [1.82, 2.24) is 0 Å².